The zero-order chi connectivity index (χ0) is 34.4. The van der Waals surface area contributed by atoms with Gasteiger partial charge in [0.05, 0.1) is 0 Å². The first kappa shape index (κ1) is 42.1. The lowest BCUT2D eigenvalue weighted by Gasteiger charge is -2.37. The topological polar surface area (TPSA) is 230 Å². The fraction of sp³-hybridized carbons (Fsp3) is 0.806. The average molecular weight is 661 g/mol. The van der Waals surface area contributed by atoms with Gasteiger partial charge in [-0.25, -0.2) is 9.59 Å². The Morgan fingerprint density at radius 2 is 1.24 bits per heavy atom. The second-order valence-corrected chi connectivity index (χ2v) is 13.1. The number of aliphatic carboxylic acids is 3. The largest absolute Gasteiger partial charge is 0.480 e. The van der Waals surface area contributed by atoms with E-state index >= 15 is 0 Å². The predicted octanol–water partition coefficient (Wildman–Crippen LogP) is 3.36. The molecule has 13 nitrogen and oxygen atoms in total. The molecule has 8 N–H and O–H groups in total. The third-order valence-corrected chi connectivity index (χ3v) is 8.54. The molecular weight excluding hydrogens is 604 g/mol. The highest BCUT2D eigenvalue weighted by molar-refractivity contribution is 7.99. The van der Waals surface area contributed by atoms with Crippen LogP contribution >= 0.6 is 11.8 Å². The van der Waals surface area contributed by atoms with E-state index in [2.05, 4.69) is 12.2 Å². The van der Waals surface area contributed by atoms with E-state index in [-0.39, 0.29) is 30.3 Å². The molecule has 0 fully saturated rings. The second-order valence-electron chi connectivity index (χ2n) is 12.0. The lowest BCUT2D eigenvalue weighted by atomic mass is 9.99. The summed E-state index contributed by atoms with van der Waals surface area (Å²) in [6, 6.07) is -5.97. The first-order valence-electron chi connectivity index (χ1n) is 16.1. The quantitative estimate of drug-likeness (QED) is 0.0666. The number of unbranched alkanes of at least 4 members (excludes halogenated alkanes) is 10. The lowest BCUT2D eigenvalue weighted by Crippen LogP contribution is -2.60. The van der Waals surface area contributed by atoms with Crippen LogP contribution in [0.4, 0.5) is 0 Å². The average Bonchev–Trinajstić information content (AvgIpc) is 2.95. The summed E-state index contributed by atoms with van der Waals surface area (Å²) in [5.74, 6) is -7.20. The number of carbonyl (C=O) groups excluding carboxylic acids is 3. The molecule has 260 valence electrons. The van der Waals surface area contributed by atoms with Crippen LogP contribution in [0.5, 0.6) is 0 Å². The third-order valence-electron chi connectivity index (χ3n) is 7.40. The maximum Gasteiger partial charge on any atom is 0.327 e. The highest BCUT2D eigenvalue weighted by Gasteiger charge is 2.42. The van der Waals surface area contributed by atoms with E-state index in [9.17, 15) is 39.0 Å². The maximum atomic E-state index is 14.0. The number of carbonyl (C=O) groups is 6. The van der Waals surface area contributed by atoms with Crippen molar-refractivity contribution in [3.63, 3.8) is 0 Å². The first-order valence-corrected chi connectivity index (χ1v) is 17.3. The molecule has 4 atom stereocenters. The molecular formula is C31H56N4O9S. The van der Waals surface area contributed by atoms with Gasteiger partial charge in [0, 0.05) is 24.3 Å². The van der Waals surface area contributed by atoms with Crippen LogP contribution in [0.1, 0.15) is 117 Å². The normalized spacial score (nSPS) is 13.9. The molecule has 0 radical (unpaired) electrons. The minimum atomic E-state index is -1.74. The maximum absolute atomic E-state index is 14.0. The Hall–Kier alpha value is -2.87. The molecule has 0 aliphatic heterocycles. The Kier molecular flexibility index (Phi) is 22.8. The number of carboxylic acids is 3. The number of carboxylic acid groups (broad SMARTS) is 3. The molecule has 0 aromatic rings. The molecule has 0 saturated heterocycles. The summed E-state index contributed by atoms with van der Waals surface area (Å²) in [5.41, 5.74) is 10.7. The number of rotatable bonds is 28. The summed E-state index contributed by atoms with van der Waals surface area (Å²) in [6.07, 6.45) is 11.6. The Labute approximate surface area is 271 Å². The van der Waals surface area contributed by atoms with E-state index in [4.69, 9.17) is 16.6 Å². The van der Waals surface area contributed by atoms with Gasteiger partial charge in [-0.3, -0.25) is 19.2 Å². The fourth-order valence-electron chi connectivity index (χ4n) is 4.92. The van der Waals surface area contributed by atoms with Crippen LogP contribution in [0.3, 0.4) is 0 Å². The zero-order valence-corrected chi connectivity index (χ0v) is 28.0. The molecule has 14 heteroatoms. The van der Waals surface area contributed by atoms with Gasteiger partial charge in [0.1, 0.15) is 24.2 Å². The third kappa shape index (κ3) is 19.3. The summed E-state index contributed by atoms with van der Waals surface area (Å²) >= 11 is 0.837. The van der Waals surface area contributed by atoms with Crippen LogP contribution in [0.25, 0.3) is 0 Å². The van der Waals surface area contributed by atoms with Gasteiger partial charge in [0.25, 0.3) is 0 Å². The highest BCUT2D eigenvalue weighted by Crippen LogP contribution is 2.21. The molecule has 0 unspecified atom stereocenters. The highest BCUT2D eigenvalue weighted by atomic mass is 32.2. The number of primary amides is 1. The van der Waals surface area contributed by atoms with E-state index in [0.717, 1.165) is 37.4 Å². The molecule has 45 heavy (non-hydrogen) atoms. The first-order chi connectivity index (χ1) is 21.2. The van der Waals surface area contributed by atoms with E-state index in [1.807, 2.05) is 0 Å². The van der Waals surface area contributed by atoms with Gasteiger partial charge >= 0.3 is 17.9 Å². The van der Waals surface area contributed by atoms with Crippen molar-refractivity contribution < 1.29 is 44.1 Å². The molecule has 0 aromatic heterocycles. The van der Waals surface area contributed by atoms with Crippen molar-refractivity contribution in [1.82, 2.24) is 10.2 Å². The van der Waals surface area contributed by atoms with Crippen molar-refractivity contribution >= 4 is 47.4 Å². The minimum Gasteiger partial charge on any atom is -0.480 e. The molecule has 0 spiro atoms. The van der Waals surface area contributed by atoms with Gasteiger partial charge in [-0.2, -0.15) is 11.8 Å². The zero-order valence-electron chi connectivity index (χ0n) is 27.2. The van der Waals surface area contributed by atoms with Gasteiger partial charge < -0.3 is 37.0 Å². The molecule has 0 bridgehead atoms. The van der Waals surface area contributed by atoms with Crippen molar-refractivity contribution in [2.24, 2.45) is 17.4 Å². The number of nitrogens with one attached hydrogen (secondary N) is 1. The van der Waals surface area contributed by atoms with Gasteiger partial charge in [-0.1, -0.05) is 85.0 Å². The summed E-state index contributed by atoms with van der Waals surface area (Å²) in [7, 11) is 0. The molecule has 0 rings (SSSR count). The van der Waals surface area contributed by atoms with E-state index in [1.165, 1.54) is 38.5 Å². The van der Waals surface area contributed by atoms with Gasteiger partial charge in [0.2, 0.25) is 17.7 Å². The van der Waals surface area contributed by atoms with Gasteiger partial charge in [-0.15, -0.1) is 0 Å². The Morgan fingerprint density at radius 3 is 1.69 bits per heavy atom. The minimum absolute atomic E-state index is 0.116. The van der Waals surface area contributed by atoms with Crippen LogP contribution in [-0.2, 0) is 28.8 Å². The van der Waals surface area contributed by atoms with Crippen molar-refractivity contribution in [2.45, 2.75) is 141 Å². The van der Waals surface area contributed by atoms with Crippen molar-refractivity contribution in [3.05, 3.63) is 0 Å². The molecule has 0 aliphatic carbocycles. The van der Waals surface area contributed by atoms with Crippen LogP contribution in [0, 0.1) is 5.92 Å². The van der Waals surface area contributed by atoms with Crippen molar-refractivity contribution in [3.8, 4) is 0 Å². The standard InChI is InChI=1S/C31H56N4O9S/c1-4-5-6-7-8-9-10-11-12-13-14-15-27(37)34-23(18-21(2)3)28(38)35(24(30(41)42)16-17-26(33)36)25(31(43)44)20-45-19-22(32)29(39)40/h21-25H,4-20,32H2,1-3H3,(H2,33,36)(H,34,37)(H,39,40)(H,41,42)(H,43,44)/t22-,23-,24+,25+/m0/s1. The van der Waals surface area contributed by atoms with Gasteiger partial charge in [-0.05, 0) is 25.2 Å². The summed E-state index contributed by atoms with van der Waals surface area (Å²) < 4.78 is 0. The molecule has 0 saturated carbocycles. The predicted molar refractivity (Wildman–Crippen MR) is 174 cm³/mol. The number of nitrogens with two attached hydrogens (primary N) is 2. The van der Waals surface area contributed by atoms with E-state index in [1.54, 1.807) is 13.8 Å². The molecule has 0 aromatic carbocycles. The Bertz CT molecular complexity index is 935. The summed E-state index contributed by atoms with van der Waals surface area (Å²) in [5, 5.41) is 31.8. The van der Waals surface area contributed by atoms with Crippen LogP contribution < -0.4 is 16.8 Å². The number of hydrogen-bond donors (Lipinski definition) is 6. The lowest BCUT2D eigenvalue weighted by molar-refractivity contribution is -0.160. The molecule has 0 aliphatic rings. The molecule has 3 amide bonds. The van der Waals surface area contributed by atoms with E-state index < -0.39 is 72.6 Å². The van der Waals surface area contributed by atoms with Crippen LogP contribution in [0.2, 0.25) is 0 Å². The molecule has 0 heterocycles. The monoisotopic (exact) mass is 660 g/mol. The Morgan fingerprint density at radius 1 is 0.733 bits per heavy atom. The van der Waals surface area contributed by atoms with Crippen molar-refractivity contribution in [2.75, 3.05) is 11.5 Å². The van der Waals surface area contributed by atoms with Gasteiger partial charge in [0.15, 0.2) is 0 Å². The Balaban J connectivity index is 5.63. The number of hydrogen-bond acceptors (Lipinski definition) is 8. The summed E-state index contributed by atoms with van der Waals surface area (Å²) in [6.45, 7) is 5.81. The second kappa shape index (κ2) is 24.4. The SMILES string of the molecule is CCCCCCCCCCCCCC(=O)N[C@@H](CC(C)C)C(=O)N([C@H](CCC(N)=O)C(=O)O)[C@H](CSC[C@H](N)C(=O)O)C(=O)O. The number of thioether (sulfide) groups is 1. The summed E-state index contributed by atoms with van der Waals surface area (Å²) in [4.78, 5) is 74.8. The van der Waals surface area contributed by atoms with Crippen LogP contribution in [-0.4, -0.2) is 91.5 Å². The van der Waals surface area contributed by atoms with Crippen LogP contribution in [0.15, 0.2) is 0 Å². The van der Waals surface area contributed by atoms with E-state index in [0.29, 0.717) is 11.3 Å². The fourth-order valence-corrected chi connectivity index (χ4v) is 5.98. The number of nitrogens with zero attached hydrogens (tertiary/aromatic N) is 1. The van der Waals surface area contributed by atoms with Crippen molar-refractivity contribution in [1.29, 1.82) is 0 Å². The smallest absolute Gasteiger partial charge is 0.327 e. The number of amides is 3.